The van der Waals surface area contributed by atoms with Gasteiger partial charge in [0.05, 0.1) is 11.1 Å². The number of amides is 2. The molecule has 2 amide bonds. The van der Waals surface area contributed by atoms with Crippen LogP contribution in [0.1, 0.15) is 69.3 Å². The van der Waals surface area contributed by atoms with E-state index in [9.17, 15) is 19.5 Å². The first kappa shape index (κ1) is 34.3. The number of likely N-dealkylation sites (tertiary alicyclic amines) is 2. The van der Waals surface area contributed by atoms with E-state index in [2.05, 4.69) is 4.90 Å². The van der Waals surface area contributed by atoms with Crippen molar-refractivity contribution in [2.24, 2.45) is 11.1 Å². The number of aliphatic carboxylic acids is 1. The Morgan fingerprint density at radius 2 is 1.50 bits per heavy atom. The van der Waals surface area contributed by atoms with Gasteiger partial charge in [-0.15, -0.1) is 0 Å². The van der Waals surface area contributed by atoms with Gasteiger partial charge in [-0.1, -0.05) is 59.4 Å². The molecule has 3 aromatic rings. The molecule has 46 heavy (non-hydrogen) atoms. The average Bonchev–Trinajstić information content (AvgIpc) is 3.40. The number of hydrogen-bond donors (Lipinski definition) is 2. The standard InChI is InChI=1S/C35H41Cl3N4O4/c1-34(2,33(45)46)13-6-18-42-29(31(43)40-19-14-35(15-20-40,32(39)44)41-16-4-3-5-17-41)22-27(26-12-11-25(37)21-28(26)38)30(42)23-7-9-24(36)10-8-23/h7-12,21-22H,3-6,13-20H2,1-2H3,(H2,39,44)(H,45,46). The van der Waals surface area contributed by atoms with Crippen molar-refractivity contribution in [3.05, 3.63) is 69.3 Å². The zero-order valence-electron chi connectivity index (χ0n) is 26.3. The first-order valence-corrected chi connectivity index (χ1v) is 17.0. The van der Waals surface area contributed by atoms with Gasteiger partial charge in [-0.2, -0.15) is 0 Å². The number of hydrogen-bond acceptors (Lipinski definition) is 4. The van der Waals surface area contributed by atoms with Gasteiger partial charge in [0.2, 0.25) is 5.91 Å². The van der Waals surface area contributed by atoms with Crippen molar-refractivity contribution >= 4 is 52.6 Å². The zero-order chi connectivity index (χ0) is 33.2. The van der Waals surface area contributed by atoms with Crippen LogP contribution in [-0.4, -0.2) is 69.0 Å². The predicted molar refractivity (Wildman–Crippen MR) is 183 cm³/mol. The summed E-state index contributed by atoms with van der Waals surface area (Å²) in [6, 6.07) is 14.5. The summed E-state index contributed by atoms with van der Waals surface area (Å²) in [7, 11) is 0. The van der Waals surface area contributed by atoms with E-state index < -0.39 is 16.9 Å². The predicted octanol–water partition coefficient (Wildman–Crippen LogP) is 7.62. The van der Waals surface area contributed by atoms with Crippen LogP contribution in [0.5, 0.6) is 0 Å². The molecule has 2 saturated heterocycles. The summed E-state index contributed by atoms with van der Waals surface area (Å²) in [4.78, 5) is 43.3. The molecule has 2 fully saturated rings. The molecule has 0 unspecified atom stereocenters. The molecule has 0 aliphatic carbocycles. The molecule has 8 nitrogen and oxygen atoms in total. The van der Waals surface area contributed by atoms with Crippen LogP contribution < -0.4 is 5.73 Å². The van der Waals surface area contributed by atoms with Crippen LogP contribution in [0, 0.1) is 5.41 Å². The highest BCUT2D eigenvalue weighted by Crippen LogP contribution is 2.41. The van der Waals surface area contributed by atoms with Crippen molar-refractivity contribution in [2.75, 3.05) is 26.2 Å². The highest BCUT2D eigenvalue weighted by molar-refractivity contribution is 6.36. The van der Waals surface area contributed by atoms with E-state index in [1.165, 1.54) is 0 Å². The van der Waals surface area contributed by atoms with Gasteiger partial charge in [0.15, 0.2) is 0 Å². The number of primary amides is 1. The molecule has 5 rings (SSSR count). The maximum Gasteiger partial charge on any atom is 0.309 e. The number of piperidine rings is 2. The molecule has 0 spiro atoms. The molecule has 2 aliphatic rings. The second-order valence-corrected chi connectivity index (χ2v) is 14.4. The third-order valence-corrected chi connectivity index (χ3v) is 10.5. The lowest BCUT2D eigenvalue weighted by molar-refractivity contribution is -0.147. The molecule has 2 aromatic carbocycles. The van der Waals surface area contributed by atoms with Crippen LogP contribution in [-0.2, 0) is 16.1 Å². The first-order chi connectivity index (χ1) is 21.8. The van der Waals surface area contributed by atoms with Gasteiger partial charge < -0.3 is 20.3 Å². The summed E-state index contributed by atoms with van der Waals surface area (Å²) >= 11 is 19.3. The van der Waals surface area contributed by atoms with Crippen LogP contribution >= 0.6 is 34.8 Å². The Morgan fingerprint density at radius 3 is 2.09 bits per heavy atom. The van der Waals surface area contributed by atoms with Crippen LogP contribution in [0.2, 0.25) is 15.1 Å². The molecule has 3 heterocycles. The normalized spacial score (nSPS) is 17.2. The number of carboxylic acid groups (broad SMARTS) is 1. The summed E-state index contributed by atoms with van der Waals surface area (Å²) < 4.78 is 1.98. The van der Waals surface area contributed by atoms with E-state index >= 15 is 0 Å². The Balaban J connectivity index is 1.56. The van der Waals surface area contributed by atoms with Crippen molar-refractivity contribution in [1.29, 1.82) is 0 Å². The third-order valence-electron chi connectivity index (χ3n) is 9.72. The van der Waals surface area contributed by atoms with Gasteiger partial charge in [0, 0.05) is 45.8 Å². The summed E-state index contributed by atoms with van der Waals surface area (Å²) in [5, 5.41) is 11.3. The summed E-state index contributed by atoms with van der Waals surface area (Å²) in [5.41, 5.74) is 7.88. The first-order valence-electron chi connectivity index (χ1n) is 15.9. The Hall–Kier alpha value is -3.04. The maximum atomic E-state index is 14.5. The van der Waals surface area contributed by atoms with Gasteiger partial charge in [0.1, 0.15) is 11.2 Å². The second-order valence-electron chi connectivity index (χ2n) is 13.1. The molecule has 246 valence electrons. The molecule has 1 aromatic heterocycles. The van der Waals surface area contributed by atoms with E-state index in [1.807, 2.05) is 28.8 Å². The number of nitrogens with two attached hydrogens (primary N) is 1. The van der Waals surface area contributed by atoms with Crippen molar-refractivity contribution < 1.29 is 19.5 Å². The molecule has 2 aliphatic heterocycles. The van der Waals surface area contributed by atoms with Crippen molar-refractivity contribution in [3.8, 4) is 22.4 Å². The average molecular weight is 688 g/mol. The largest absolute Gasteiger partial charge is 0.481 e. The molecule has 0 radical (unpaired) electrons. The number of rotatable bonds is 10. The molecule has 3 N–H and O–H groups in total. The minimum Gasteiger partial charge on any atom is -0.481 e. The monoisotopic (exact) mass is 686 g/mol. The number of halogens is 3. The molecule has 0 atom stereocenters. The van der Waals surface area contributed by atoms with Crippen molar-refractivity contribution in [2.45, 2.75) is 70.9 Å². The minimum atomic E-state index is -0.931. The van der Waals surface area contributed by atoms with Gasteiger partial charge in [-0.25, -0.2) is 0 Å². The molecular formula is C35H41Cl3N4O4. The fourth-order valence-corrected chi connectivity index (χ4v) is 7.50. The summed E-state index contributed by atoms with van der Waals surface area (Å²) in [6.07, 6.45) is 5.09. The molecule has 0 bridgehead atoms. The number of carbonyl (C=O) groups excluding carboxylic acids is 2. The number of nitrogens with zero attached hydrogens (tertiary/aromatic N) is 3. The highest BCUT2D eigenvalue weighted by atomic mass is 35.5. The fraction of sp³-hybridized carbons (Fsp3) is 0.457. The van der Waals surface area contributed by atoms with E-state index in [4.69, 9.17) is 40.5 Å². The molecular weight excluding hydrogens is 647 g/mol. The summed E-state index contributed by atoms with van der Waals surface area (Å²) in [5.74, 6) is -1.36. The summed E-state index contributed by atoms with van der Waals surface area (Å²) in [6.45, 7) is 6.26. The molecule has 0 saturated carbocycles. The lowest BCUT2D eigenvalue weighted by atomic mass is 9.83. The zero-order valence-corrected chi connectivity index (χ0v) is 28.6. The maximum absolute atomic E-state index is 14.5. The quantitative estimate of drug-likeness (QED) is 0.228. The SMILES string of the molecule is CC(C)(CCCn1c(C(=O)N2CCC(C(N)=O)(N3CCCCC3)CC2)cc(-c2ccc(Cl)cc2Cl)c1-c1ccc(Cl)cc1)C(=O)O. The smallest absolute Gasteiger partial charge is 0.309 e. The van der Waals surface area contributed by atoms with Gasteiger partial charge >= 0.3 is 5.97 Å². The fourth-order valence-electron chi connectivity index (χ4n) is 6.86. The Labute approximate surface area is 285 Å². The number of aromatic nitrogens is 1. The van der Waals surface area contributed by atoms with Gasteiger partial charge in [-0.05, 0) is 101 Å². The number of carbonyl (C=O) groups is 3. The van der Waals surface area contributed by atoms with Crippen molar-refractivity contribution in [3.63, 3.8) is 0 Å². The Bertz CT molecular complexity index is 1600. The topological polar surface area (TPSA) is 109 Å². The van der Waals surface area contributed by atoms with E-state index in [0.717, 1.165) is 49.2 Å². The lowest BCUT2D eigenvalue weighted by Gasteiger charge is -2.48. The van der Waals surface area contributed by atoms with Crippen LogP contribution in [0.4, 0.5) is 0 Å². The molecule has 11 heteroatoms. The van der Waals surface area contributed by atoms with Crippen LogP contribution in [0.25, 0.3) is 22.4 Å². The minimum absolute atomic E-state index is 0.166. The van der Waals surface area contributed by atoms with Crippen LogP contribution in [0.15, 0.2) is 48.5 Å². The number of carboxylic acids is 1. The number of benzene rings is 2. The lowest BCUT2D eigenvalue weighted by Crippen LogP contribution is -2.63. The van der Waals surface area contributed by atoms with Gasteiger partial charge in [-0.3, -0.25) is 19.3 Å². The van der Waals surface area contributed by atoms with Gasteiger partial charge in [0.25, 0.3) is 5.91 Å². The highest BCUT2D eigenvalue weighted by Gasteiger charge is 2.46. The van der Waals surface area contributed by atoms with E-state index in [1.54, 1.807) is 43.0 Å². The van der Waals surface area contributed by atoms with Crippen molar-refractivity contribution in [1.82, 2.24) is 14.4 Å². The van der Waals surface area contributed by atoms with E-state index in [-0.39, 0.29) is 11.8 Å². The second kappa shape index (κ2) is 14.0. The Morgan fingerprint density at radius 1 is 0.870 bits per heavy atom. The van der Waals surface area contributed by atoms with E-state index in [0.29, 0.717) is 71.6 Å². The Kier molecular flexibility index (Phi) is 10.4. The third kappa shape index (κ3) is 6.96. The van der Waals surface area contributed by atoms with Crippen LogP contribution in [0.3, 0.4) is 0 Å².